The van der Waals surface area contributed by atoms with E-state index < -0.39 is 0 Å². The topological polar surface area (TPSA) is 33.7 Å². The number of hydrogen-bond acceptors (Lipinski definition) is 4. The second kappa shape index (κ2) is 5.70. The van der Waals surface area contributed by atoms with E-state index in [2.05, 4.69) is 29.3 Å². The van der Waals surface area contributed by atoms with Gasteiger partial charge in [0.05, 0.1) is 0 Å². The molecule has 0 aromatic heterocycles. The Morgan fingerprint density at radius 2 is 2.16 bits per heavy atom. The highest BCUT2D eigenvalue weighted by atomic mass is 16.7. The van der Waals surface area contributed by atoms with Crippen LogP contribution in [0.15, 0.2) is 18.2 Å². The molecule has 0 bridgehead atoms. The second-order valence-electron chi connectivity index (χ2n) is 5.23. The van der Waals surface area contributed by atoms with E-state index in [0.717, 1.165) is 31.1 Å². The maximum absolute atomic E-state index is 5.47. The molecule has 0 aliphatic carbocycles. The van der Waals surface area contributed by atoms with Crippen molar-refractivity contribution in [3.8, 4) is 11.5 Å². The summed E-state index contributed by atoms with van der Waals surface area (Å²) in [5, 5.41) is 3.61. The Kier molecular flexibility index (Phi) is 3.78. The molecule has 104 valence electrons. The summed E-state index contributed by atoms with van der Waals surface area (Å²) in [4.78, 5) is 2.46. The number of fused-ring (bicyclic) bond motifs is 1. The van der Waals surface area contributed by atoms with E-state index in [1.165, 1.54) is 24.9 Å². The Hall–Kier alpha value is -1.42. The third-order valence-electron chi connectivity index (χ3n) is 4.00. The van der Waals surface area contributed by atoms with E-state index in [1.54, 1.807) is 0 Å². The zero-order valence-corrected chi connectivity index (χ0v) is 11.5. The van der Waals surface area contributed by atoms with Gasteiger partial charge in [0.2, 0.25) is 6.79 Å². The molecular formula is C15H22N2O2. The molecule has 1 fully saturated rings. The molecule has 0 spiro atoms. The molecule has 1 aromatic rings. The summed E-state index contributed by atoms with van der Waals surface area (Å²) in [5.41, 5.74) is 1.25. The van der Waals surface area contributed by atoms with Crippen molar-refractivity contribution in [3.63, 3.8) is 0 Å². The van der Waals surface area contributed by atoms with Gasteiger partial charge in [-0.2, -0.15) is 0 Å². The van der Waals surface area contributed by atoms with Crippen LogP contribution in [0.25, 0.3) is 0 Å². The fourth-order valence-corrected chi connectivity index (χ4v) is 2.79. The number of hydrogen-bond donors (Lipinski definition) is 1. The molecule has 3 rings (SSSR count). The Morgan fingerprint density at radius 1 is 1.26 bits per heavy atom. The van der Waals surface area contributed by atoms with E-state index in [-0.39, 0.29) is 0 Å². The van der Waals surface area contributed by atoms with E-state index in [4.69, 9.17) is 9.47 Å². The van der Waals surface area contributed by atoms with Crippen LogP contribution in [0, 0.1) is 0 Å². The van der Waals surface area contributed by atoms with E-state index >= 15 is 0 Å². The standard InChI is InChI=1S/C15H22N2O2/c1-2-12-6-9-17(8-3-7-16-12)13-4-5-14-15(10-13)19-11-18-14/h4-5,10,12,16H,2-3,6-9,11H2,1H3. The van der Waals surface area contributed by atoms with Crippen molar-refractivity contribution in [1.29, 1.82) is 0 Å². The number of anilines is 1. The zero-order chi connectivity index (χ0) is 13.1. The summed E-state index contributed by atoms with van der Waals surface area (Å²) >= 11 is 0. The number of rotatable bonds is 2. The van der Waals surface area contributed by atoms with Gasteiger partial charge in [-0.3, -0.25) is 0 Å². The van der Waals surface area contributed by atoms with Gasteiger partial charge in [-0.25, -0.2) is 0 Å². The summed E-state index contributed by atoms with van der Waals surface area (Å²) in [6.07, 6.45) is 3.59. The van der Waals surface area contributed by atoms with Gasteiger partial charge in [-0.05, 0) is 37.9 Å². The lowest BCUT2D eigenvalue weighted by molar-refractivity contribution is 0.174. The average Bonchev–Trinajstić information content (AvgIpc) is 2.86. The smallest absolute Gasteiger partial charge is 0.231 e. The molecular weight excluding hydrogens is 240 g/mol. The van der Waals surface area contributed by atoms with Crippen molar-refractivity contribution in [1.82, 2.24) is 5.32 Å². The molecule has 1 saturated heterocycles. The fourth-order valence-electron chi connectivity index (χ4n) is 2.79. The molecule has 0 amide bonds. The van der Waals surface area contributed by atoms with E-state index in [9.17, 15) is 0 Å². The summed E-state index contributed by atoms with van der Waals surface area (Å²) in [6.45, 7) is 5.92. The molecule has 4 nitrogen and oxygen atoms in total. The van der Waals surface area contributed by atoms with Crippen LogP contribution in [-0.4, -0.2) is 32.5 Å². The van der Waals surface area contributed by atoms with Crippen molar-refractivity contribution in [2.24, 2.45) is 0 Å². The first-order valence-corrected chi connectivity index (χ1v) is 7.25. The minimum absolute atomic E-state index is 0.348. The van der Waals surface area contributed by atoms with Crippen molar-refractivity contribution in [2.45, 2.75) is 32.2 Å². The van der Waals surface area contributed by atoms with Crippen LogP contribution in [0.4, 0.5) is 5.69 Å². The second-order valence-corrected chi connectivity index (χ2v) is 5.23. The van der Waals surface area contributed by atoms with E-state index in [1.807, 2.05) is 6.07 Å². The van der Waals surface area contributed by atoms with Gasteiger partial charge in [-0.15, -0.1) is 0 Å². The van der Waals surface area contributed by atoms with Crippen LogP contribution in [0.3, 0.4) is 0 Å². The third kappa shape index (κ3) is 2.78. The Bertz CT molecular complexity index is 436. The molecule has 1 atom stereocenters. The first-order valence-electron chi connectivity index (χ1n) is 7.25. The number of nitrogens with zero attached hydrogens (tertiary/aromatic N) is 1. The lowest BCUT2D eigenvalue weighted by Crippen LogP contribution is -2.39. The van der Waals surface area contributed by atoms with Crippen LogP contribution < -0.4 is 19.7 Å². The largest absolute Gasteiger partial charge is 0.454 e. The van der Waals surface area contributed by atoms with Gasteiger partial charge < -0.3 is 19.7 Å². The highest BCUT2D eigenvalue weighted by Crippen LogP contribution is 2.35. The fraction of sp³-hybridized carbons (Fsp3) is 0.600. The highest BCUT2D eigenvalue weighted by Gasteiger charge is 2.18. The first-order chi connectivity index (χ1) is 9.36. The first kappa shape index (κ1) is 12.6. The van der Waals surface area contributed by atoms with E-state index in [0.29, 0.717) is 12.8 Å². The summed E-state index contributed by atoms with van der Waals surface area (Å²) < 4.78 is 10.8. The van der Waals surface area contributed by atoms with Crippen molar-refractivity contribution in [3.05, 3.63) is 18.2 Å². The summed E-state index contributed by atoms with van der Waals surface area (Å²) in [5.74, 6) is 1.74. The predicted octanol–water partition coefficient (Wildman–Crippen LogP) is 2.38. The van der Waals surface area contributed by atoms with Crippen LogP contribution in [-0.2, 0) is 0 Å². The average molecular weight is 262 g/mol. The lowest BCUT2D eigenvalue weighted by Gasteiger charge is -2.30. The Balaban J connectivity index is 1.73. The molecule has 1 aromatic carbocycles. The third-order valence-corrected chi connectivity index (χ3v) is 4.00. The maximum atomic E-state index is 5.47. The molecule has 0 saturated carbocycles. The maximum Gasteiger partial charge on any atom is 0.231 e. The summed E-state index contributed by atoms with van der Waals surface area (Å²) in [7, 11) is 0. The number of nitrogens with one attached hydrogen (secondary N) is 1. The number of benzene rings is 1. The van der Waals surface area contributed by atoms with Gasteiger partial charge in [0.1, 0.15) is 0 Å². The van der Waals surface area contributed by atoms with Crippen LogP contribution >= 0.6 is 0 Å². The Morgan fingerprint density at radius 3 is 3.05 bits per heavy atom. The predicted molar refractivity (Wildman–Crippen MR) is 76.1 cm³/mol. The van der Waals surface area contributed by atoms with Gasteiger partial charge in [0, 0.05) is 30.9 Å². The monoisotopic (exact) mass is 262 g/mol. The quantitative estimate of drug-likeness (QED) is 0.887. The minimum Gasteiger partial charge on any atom is -0.454 e. The van der Waals surface area contributed by atoms with Crippen molar-refractivity contribution in [2.75, 3.05) is 31.3 Å². The molecule has 19 heavy (non-hydrogen) atoms. The molecule has 2 aliphatic rings. The van der Waals surface area contributed by atoms with Gasteiger partial charge in [0.25, 0.3) is 0 Å². The SMILES string of the molecule is CCC1CCN(c2ccc3c(c2)OCO3)CCCN1. The van der Waals surface area contributed by atoms with Crippen molar-refractivity contribution < 1.29 is 9.47 Å². The molecule has 0 radical (unpaired) electrons. The van der Waals surface area contributed by atoms with Crippen LogP contribution in [0.2, 0.25) is 0 Å². The van der Waals surface area contributed by atoms with Crippen LogP contribution in [0.1, 0.15) is 26.2 Å². The van der Waals surface area contributed by atoms with Gasteiger partial charge in [-0.1, -0.05) is 6.92 Å². The molecule has 4 heteroatoms. The normalized spacial score (nSPS) is 23.0. The highest BCUT2D eigenvalue weighted by molar-refractivity contribution is 5.57. The van der Waals surface area contributed by atoms with Crippen molar-refractivity contribution >= 4 is 5.69 Å². The minimum atomic E-state index is 0.348. The Labute approximate surface area is 114 Å². The summed E-state index contributed by atoms with van der Waals surface area (Å²) in [6, 6.07) is 6.92. The molecule has 2 heterocycles. The lowest BCUT2D eigenvalue weighted by atomic mass is 10.1. The molecule has 2 aliphatic heterocycles. The zero-order valence-electron chi connectivity index (χ0n) is 11.5. The van der Waals surface area contributed by atoms with Gasteiger partial charge >= 0.3 is 0 Å². The van der Waals surface area contributed by atoms with Gasteiger partial charge in [0.15, 0.2) is 11.5 Å². The number of ether oxygens (including phenoxy) is 2. The molecule has 1 N–H and O–H groups in total. The van der Waals surface area contributed by atoms with Crippen LogP contribution in [0.5, 0.6) is 11.5 Å². The molecule has 1 unspecified atom stereocenters.